The summed E-state index contributed by atoms with van der Waals surface area (Å²) in [6.07, 6.45) is 3.22. The number of hydrogen-bond acceptors (Lipinski definition) is 3. The highest BCUT2D eigenvalue weighted by molar-refractivity contribution is 7.89. The van der Waals surface area contributed by atoms with Crippen LogP contribution in [0.1, 0.15) is 17.5 Å². The van der Waals surface area contributed by atoms with Crippen LogP contribution < -0.4 is 0 Å². The maximum Gasteiger partial charge on any atom is 0.151 e. The first-order valence-corrected chi connectivity index (χ1v) is 6.76. The Hall–Kier alpha value is -1.16. The Kier molecular flexibility index (Phi) is 4.03. The highest BCUT2D eigenvalue weighted by atomic mass is 32.2. The van der Waals surface area contributed by atoms with E-state index in [1.807, 2.05) is 18.2 Å². The highest BCUT2D eigenvalue weighted by Crippen LogP contribution is 2.09. The minimum Gasteiger partial charge on any atom is -0.303 e. The van der Waals surface area contributed by atoms with Crippen molar-refractivity contribution >= 4 is 16.1 Å². The fourth-order valence-electron chi connectivity index (χ4n) is 1.40. The van der Waals surface area contributed by atoms with E-state index in [0.717, 1.165) is 17.4 Å². The Morgan fingerprint density at radius 1 is 1.27 bits per heavy atom. The molecule has 0 bridgehead atoms. The maximum atomic E-state index is 11.1. The monoisotopic (exact) mass is 226 g/mol. The molecule has 0 spiro atoms. The molecule has 0 heterocycles. The number of aryl methyl sites for hydroxylation is 1. The summed E-state index contributed by atoms with van der Waals surface area (Å²) >= 11 is 0. The number of carbonyl (C=O) groups is 1. The molecule has 0 unspecified atom stereocenters. The summed E-state index contributed by atoms with van der Waals surface area (Å²) in [7, 11) is -2.98. The van der Waals surface area contributed by atoms with Crippen LogP contribution in [0.5, 0.6) is 0 Å². The largest absolute Gasteiger partial charge is 0.303 e. The number of hydrogen-bond donors (Lipinski definition) is 0. The quantitative estimate of drug-likeness (QED) is 0.712. The number of rotatable bonds is 5. The van der Waals surface area contributed by atoms with Crippen molar-refractivity contribution in [2.24, 2.45) is 0 Å². The van der Waals surface area contributed by atoms with Gasteiger partial charge >= 0.3 is 0 Å². The lowest BCUT2D eigenvalue weighted by Gasteiger charge is -2.02. The van der Waals surface area contributed by atoms with Crippen molar-refractivity contribution in [3.63, 3.8) is 0 Å². The van der Waals surface area contributed by atoms with Gasteiger partial charge in [0.1, 0.15) is 6.29 Å². The minimum absolute atomic E-state index is 0.0575. The van der Waals surface area contributed by atoms with Gasteiger partial charge < -0.3 is 4.79 Å². The predicted octanol–water partition coefficient (Wildman–Crippen LogP) is 1.36. The van der Waals surface area contributed by atoms with E-state index in [-0.39, 0.29) is 5.75 Å². The lowest BCUT2D eigenvalue weighted by atomic mass is 10.1. The Morgan fingerprint density at radius 2 is 1.93 bits per heavy atom. The van der Waals surface area contributed by atoms with Crippen LogP contribution in [0.15, 0.2) is 24.3 Å². The molecule has 4 heteroatoms. The summed E-state index contributed by atoms with van der Waals surface area (Å²) in [6, 6.07) is 7.34. The number of aldehydes is 1. The van der Waals surface area contributed by atoms with Crippen LogP contribution in [0.3, 0.4) is 0 Å². The Labute approximate surface area is 90.0 Å². The van der Waals surface area contributed by atoms with Gasteiger partial charge in [-0.25, -0.2) is 8.42 Å². The molecule has 0 saturated carbocycles. The molecule has 3 nitrogen and oxygen atoms in total. The van der Waals surface area contributed by atoms with Crippen LogP contribution in [0.25, 0.3) is 0 Å². The molecule has 0 radical (unpaired) electrons. The molecule has 0 aromatic heterocycles. The smallest absolute Gasteiger partial charge is 0.151 e. The van der Waals surface area contributed by atoms with E-state index >= 15 is 0 Å². The maximum absolute atomic E-state index is 11.1. The van der Waals surface area contributed by atoms with Crippen molar-refractivity contribution in [1.29, 1.82) is 0 Å². The molecule has 0 aliphatic heterocycles. The van der Waals surface area contributed by atoms with Gasteiger partial charge in [0, 0.05) is 12.7 Å². The average molecular weight is 226 g/mol. The van der Waals surface area contributed by atoms with Crippen LogP contribution in [-0.4, -0.2) is 21.0 Å². The van der Waals surface area contributed by atoms with Crippen LogP contribution in [-0.2, 0) is 26.8 Å². The van der Waals surface area contributed by atoms with E-state index in [2.05, 4.69) is 0 Å². The van der Waals surface area contributed by atoms with Gasteiger partial charge in [0.05, 0.1) is 5.75 Å². The third-order valence-electron chi connectivity index (χ3n) is 1.97. The molecule has 1 aromatic carbocycles. The Bertz CT molecular complexity index is 435. The summed E-state index contributed by atoms with van der Waals surface area (Å²) in [6.45, 7) is 0. The molecule has 0 saturated heterocycles. The topological polar surface area (TPSA) is 51.2 Å². The number of carbonyl (C=O) groups excluding carboxylic acids is 1. The number of sulfone groups is 1. The third-order valence-corrected chi connectivity index (χ3v) is 2.83. The van der Waals surface area contributed by atoms with Crippen LogP contribution >= 0.6 is 0 Å². The van der Waals surface area contributed by atoms with Gasteiger partial charge in [-0.1, -0.05) is 24.3 Å². The van der Waals surface area contributed by atoms with E-state index in [4.69, 9.17) is 0 Å². The van der Waals surface area contributed by atoms with Crippen LogP contribution in [0.2, 0.25) is 0 Å². The molecule has 15 heavy (non-hydrogen) atoms. The van der Waals surface area contributed by atoms with E-state index in [1.165, 1.54) is 6.26 Å². The van der Waals surface area contributed by atoms with E-state index in [9.17, 15) is 13.2 Å². The van der Waals surface area contributed by atoms with Gasteiger partial charge in [-0.3, -0.25) is 0 Å². The van der Waals surface area contributed by atoms with Crippen molar-refractivity contribution in [3.8, 4) is 0 Å². The van der Waals surface area contributed by atoms with Gasteiger partial charge in [-0.15, -0.1) is 0 Å². The first-order valence-electron chi connectivity index (χ1n) is 4.70. The first-order chi connectivity index (χ1) is 7.01. The highest BCUT2D eigenvalue weighted by Gasteiger charge is 2.04. The van der Waals surface area contributed by atoms with Gasteiger partial charge in [0.25, 0.3) is 0 Å². The molecule has 82 valence electrons. The molecule has 0 atom stereocenters. The fraction of sp³-hybridized carbons (Fsp3) is 0.364. The number of benzene rings is 1. The average Bonchev–Trinajstić information content (AvgIpc) is 2.12. The second-order valence-electron chi connectivity index (χ2n) is 3.60. The van der Waals surface area contributed by atoms with E-state index in [0.29, 0.717) is 12.8 Å². The van der Waals surface area contributed by atoms with E-state index < -0.39 is 9.84 Å². The normalized spacial score (nSPS) is 11.3. The molecule has 0 aliphatic carbocycles. The van der Waals surface area contributed by atoms with Crippen molar-refractivity contribution in [2.75, 3.05) is 6.26 Å². The molecule has 1 aromatic rings. The van der Waals surface area contributed by atoms with Gasteiger partial charge in [-0.05, 0) is 17.5 Å². The molecule has 0 amide bonds. The second-order valence-corrected chi connectivity index (χ2v) is 5.74. The molecular weight excluding hydrogens is 212 g/mol. The molecular formula is C11H14O3S. The zero-order valence-electron chi connectivity index (χ0n) is 8.64. The fourth-order valence-corrected chi connectivity index (χ4v) is 2.19. The lowest BCUT2D eigenvalue weighted by Crippen LogP contribution is -2.01. The van der Waals surface area contributed by atoms with Crippen LogP contribution in [0, 0.1) is 0 Å². The summed E-state index contributed by atoms with van der Waals surface area (Å²) in [4.78, 5) is 10.2. The third kappa shape index (κ3) is 4.74. The molecule has 1 rings (SSSR count). The van der Waals surface area contributed by atoms with Crippen molar-refractivity contribution in [2.45, 2.75) is 18.6 Å². The summed E-state index contributed by atoms with van der Waals surface area (Å²) in [5, 5.41) is 0. The summed E-state index contributed by atoms with van der Waals surface area (Å²) < 4.78 is 22.1. The van der Waals surface area contributed by atoms with Crippen molar-refractivity contribution < 1.29 is 13.2 Å². The first kappa shape index (κ1) is 11.9. The Balaban J connectivity index is 2.78. The van der Waals surface area contributed by atoms with Gasteiger partial charge in [0.2, 0.25) is 0 Å². The van der Waals surface area contributed by atoms with Gasteiger partial charge in [0.15, 0.2) is 9.84 Å². The summed E-state index contributed by atoms with van der Waals surface area (Å²) in [5.41, 5.74) is 1.78. The van der Waals surface area contributed by atoms with Crippen molar-refractivity contribution in [3.05, 3.63) is 35.4 Å². The standard InChI is InChI=1S/C11H14O3S/c1-15(13,14)9-11-5-2-4-10(8-11)6-3-7-12/h2,4-5,7-8H,3,6,9H2,1H3. The predicted molar refractivity (Wildman–Crippen MR) is 59.4 cm³/mol. The molecule has 0 aliphatic rings. The summed E-state index contributed by atoms with van der Waals surface area (Å²) in [5.74, 6) is 0.0575. The van der Waals surface area contributed by atoms with Gasteiger partial charge in [-0.2, -0.15) is 0 Å². The van der Waals surface area contributed by atoms with Crippen molar-refractivity contribution in [1.82, 2.24) is 0 Å². The SMILES string of the molecule is CS(=O)(=O)Cc1cccc(CCC=O)c1. The zero-order chi connectivity index (χ0) is 11.3. The van der Waals surface area contributed by atoms with E-state index in [1.54, 1.807) is 6.07 Å². The molecule has 0 N–H and O–H groups in total. The van der Waals surface area contributed by atoms with Crippen LogP contribution in [0.4, 0.5) is 0 Å². The zero-order valence-corrected chi connectivity index (χ0v) is 9.46. The molecule has 0 fully saturated rings. The minimum atomic E-state index is -2.98. The lowest BCUT2D eigenvalue weighted by molar-refractivity contribution is -0.107. The second kappa shape index (κ2) is 5.07. The Morgan fingerprint density at radius 3 is 2.53 bits per heavy atom.